The van der Waals surface area contributed by atoms with Gasteiger partial charge in [-0.3, -0.25) is 4.79 Å². The number of nitrogens with one attached hydrogen (secondary N) is 1. The summed E-state index contributed by atoms with van der Waals surface area (Å²) >= 11 is 1.09. The number of rotatable bonds is 5. The highest BCUT2D eigenvalue weighted by atomic mass is 32.2. The zero-order valence-electron chi connectivity index (χ0n) is 18.0. The number of piperidine rings is 1. The molecule has 8 heteroatoms. The Morgan fingerprint density at radius 3 is 2.48 bits per heavy atom. The number of nitrogens with zero attached hydrogens (tertiary/aromatic N) is 1. The third-order valence-electron chi connectivity index (χ3n) is 6.00. The predicted molar refractivity (Wildman–Crippen MR) is 117 cm³/mol. The number of amides is 1. The maximum atomic E-state index is 13.5. The number of likely N-dealkylation sites (tertiary alicyclic amines) is 1. The second-order valence-corrected chi connectivity index (χ2v) is 8.81. The van der Waals surface area contributed by atoms with Crippen LogP contribution in [0.1, 0.15) is 41.3 Å². The summed E-state index contributed by atoms with van der Waals surface area (Å²) in [7, 11) is 3.29. The van der Waals surface area contributed by atoms with E-state index < -0.39 is 23.2 Å². The van der Waals surface area contributed by atoms with Gasteiger partial charge in [0, 0.05) is 17.5 Å². The Kier molecular flexibility index (Phi) is 6.91. The number of carbonyl (C=O) groups excluding carboxylic acids is 1. The molecule has 1 aliphatic heterocycles. The summed E-state index contributed by atoms with van der Waals surface area (Å²) < 4.78 is 45.2. The van der Waals surface area contributed by atoms with Crippen molar-refractivity contribution in [1.82, 2.24) is 10.2 Å². The van der Waals surface area contributed by atoms with Gasteiger partial charge < -0.3 is 15.0 Å². The Balaban J connectivity index is 2.05. The average molecular weight is 453 g/mol. The van der Waals surface area contributed by atoms with Crippen molar-refractivity contribution in [1.29, 1.82) is 0 Å². The molecule has 31 heavy (non-hydrogen) atoms. The van der Waals surface area contributed by atoms with Crippen LogP contribution in [0.3, 0.4) is 0 Å². The molecular formula is C23H27F3N2O2S. The van der Waals surface area contributed by atoms with Crippen LogP contribution in [0, 0.1) is 0 Å². The lowest BCUT2D eigenvalue weighted by Gasteiger charge is -2.45. The van der Waals surface area contributed by atoms with E-state index in [0.717, 1.165) is 42.3 Å². The van der Waals surface area contributed by atoms with Crippen LogP contribution in [0.4, 0.5) is 13.2 Å². The van der Waals surface area contributed by atoms with Crippen LogP contribution < -0.4 is 10.1 Å². The molecule has 2 aromatic carbocycles. The molecule has 0 saturated carbocycles. The van der Waals surface area contributed by atoms with Crippen LogP contribution in [0.25, 0.3) is 0 Å². The number of alkyl halides is 3. The van der Waals surface area contributed by atoms with Crippen LogP contribution >= 0.6 is 11.8 Å². The minimum atomic E-state index is -4.53. The first-order chi connectivity index (χ1) is 14.6. The second kappa shape index (κ2) is 9.12. The Morgan fingerprint density at radius 1 is 1.26 bits per heavy atom. The first-order valence-electron chi connectivity index (χ1n) is 10.0. The SMILES string of the molecule is COc1cc(C(F)(F)F)cc(SC)c1C(=O)N[C@@]1(c2ccccc2)CC[C@H](C)N(C)C1. The normalized spacial score (nSPS) is 22.2. The maximum Gasteiger partial charge on any atom is 0.416 e. The summed E-state index contributed by atoms with van der Waals surface area (Å²) in [4.78, 5) is 15.9. The Labute approximate surface area is 185 Å². The molecule has 3 rings (SSSR count). The summed E-state index contributed by atoms with van der Waals surface area (Å²) in [6.45, 7) is 2.74. The molecule has 0 aromatic heterocycles. The maximum absolute atomic E-state index is 13.5. The number of halogens is 3. The van der Waals surface area contributed by atoms with Crippen molar-refractivity contribution in [2.75, 3.05) is 27.0 Å². The highest BCUT2D eigenvalue weighted by molar-refractivity contribution is 7.98. The molecule has 2 atom stereocenters. The minimum absolute atomic E-state index is 0.0857. The van der Waals surface area contributed by atoms with Crippen LogP contribution in [0.2, 0.25) is 0 Å². The van der Waals surface area contributed by atoms with Gasteiger partial charge in [0.15, 0.2) is 0 Å². The van der Waals surface area contributed by atoms with Crippen LogP contribution in [0.5, 0.6) is 5.75 Å². The largest absolute Gasteiger partial charge is 0.496 e. The number of thioether (sulfide) groups is 1. The molecule has 1 saturated heterocycles. The summed E-state index contributed by atoms with van der Waals surface area (Å²) in [5, 5.41) is 3.17. The van der Waals surface area contributed by atoms with Crippen LogP contribution in [0.15, 0.2) is 47.4 Å². The van der Waals surface area contributed by atoms with Gasteiger partial charge >= 0.3 is 6.18 Å². The van der Waals surface area contributed by atoms with Crippen molar-refractivity contribution in [3.8, 4) is 5.75 Å². The van der Waals surface area contributed by atoms with Gasteiger partial charge in [-0.1, -0.05) is 30.3 Å². The average Bonchev–Trinajstić information content (AvgIpc) is 2.75. The minimum Gasteiger partial charge on any atom is -0.496 e. The fourth-order valence-corrected chi connectivity index (χ4v) is 4.72. The number of hydrogen-bond acceptors (Lipinski definition) is 4. The Morgan fingerprint density at radius 2 is 1.94 bits per heavy atom. The molecule has 0 radical (unpaired) electrons. The highest BCUT2D eigenvalue weighted by Gasteiger charge is 2.41. The van der Waals surface area contributed by atoms with Gasteiger partial charge in [-0.2, -0.15) is 13.2 Å². The van der Waals surface area contributed by atoms with E-state index in [1.165, 1.54) is 7.11 Å². The highest BCUT2D eigenvalue weighted by Crippen LogP contribution is 2.39. The molecule has 1 amide bonds. The van der Waals surface area contributed by atoms with E-state index in [0.29, 0.717) is 12.6 Å². The van der Waals surface area contributed by atoms with Crippen molar-refractivity contribution in [2.45, 2.75) is 42.4 Å². The fraction of sp³-hybridized carbons (Fsp3) is 0.435. The number of ether oxygens (including phenoxy) is 1. The van der Waals surface area contributed by atoms with Crippen molar-refractivity contribution < 1.29 is 22.7 Å². The standard InChI is InChI=1S/C23H27F3N2O2S/c1-15-10-11-22(14-28(15)2,16-8-6-5-7-9-16)27-21(29)20-18(30-3)12-17(23(24,25)26)13-19(20)31-4/h5-9,12-13,15H,10-11,14H2,1-4H3,(H,27,29)/t15-,22-/m0/s1. The predicted octanol–water partition coefficient (Wildman–Crippen LogP) is 5.18. The quantitative estimate of drug-likeness (QED) is 0.635. The molecule has 0 bridgehead atoms. The van der Waals surface area contributed by atoms with E-state index in [1.807, 2.05) is 37.4 Å². The first-order valence-corrected chi connectivity index (χ1v) is 11.3. The van der Waals surface area contributed by atoms with E-state index in [-0.39, 0.29) is 16.2 Å². The molecule has 1 aliphatic rings. The van der Waals surface area contributed by atoms with Crippen molar-refractivity contribution in [3.63, 3.8) is 0 Å². The van der Waals surface area contributed by atoms with Crippen molar-refractivity contribution >= 4 is 17.7 Å². The van der Waals surface area contributed by atoms with Gasteiger partial charge in [0.05, 0.1) is 23.8 Å². The van der Waals surface area contributed by atoms with Crippen LogP contribution in [-0.4, -0.2) is 43.8 Å². The zero-order valence-corrected chi connectivity index (χ0v) is 18.9. The van der Waals surface area contributed by atoms with Gasteiger partial charge in [0.1, 0.15) is 5.75 Å². The van der Waals surface area contributed by atoms with Gasteiger partial charge in [-0.05, 0) is 50.8 Å². The topological polar surface area (TPSA) is 41.6 Å². The molecule has 1 N–H and O–H groups in total. The first kappa shape index (κ1) is 23.5. The molecule has 1 heterocycles. The van der Waals surface area contributed by atoms with Gasteiger partial charge in [0.2, 0.25) is 0 Å². The van der Waals surface area contributed by atoms with Gasteiger partial charge in [0.25, 0.3) is 5.91 Å². The number of methoxy groups -OCH3 is 1. The third-order valence-corrected chi connectivity index (χ3v) is 6.76. The van der Waals surface area contributed by atoms with E-state index in [9.17, 15) is 18.0 Å². The zero-order chi connectivity index (χ0) is 22.8. The number of hydrogen-bond donors (Lipinski definition) is 1. The molecule has 0 unspecified atom stereocenters. The fourth-order valence-electron chi connectivity index (χ4n) is 4.08. The second-order valence-electron chi connectivity index (χ2n) is 7.96. The summed E-state index contributed by atoms with van der Waals surface area (Å²) in [5.74, 6) is -0.529. The van der Waals surface area contributed by atoms with E-state index in [2.05, 4.69) is 17.1 Å². The smallest absolute Gasteiger partial charge is 0.416 e. The van der Waals surface area contributed by atoms with Gasteiger partial charge in [-0.25, -0.2) is 0 Å². The number of likely N-dealkylation sites (N-methyl/N-ethyl adjacent to an activating group) is 1. The van der Waals surface area contributed by atoms with Crippen molar-refractivity contribution in [3.05, 3.63) is 59.2 Å². The number of benzene rings is 2. The summed E-state index contributed by atoms with van der Waals surface area (Å²) in [6.07, 6.45) is -1.27. The molecule has 1 fully saturated rings. The third kappa shape index (κ3) is 4.85. The lowest BCUT2D eigenvalue weighted by Crippen LogP contribution is -2.57. The molecule has 0 aliphatic carbocycles. The number of carbonyl (C=O) groups is 1. The Bertz CT molecular complexity index is 911. The van der Waals surface area contributed by atoms with Crippen LogP contribution in [-0.2, 0) is 11.7 Å². The lowest BCUT2D eigenvalue weighted by atomic mass is 9.80. The molecule has 0 spiro atoms. The van der Waals surface area contributed by atoms with E-state index >= 15 is 0 Å². The summed E-state index contributed by atoms with van der Waals surface area (Å²) in [5.41, 5.74) is -0.393. The molecular weight excluding hydrogens is 425 g/mol. The summed E-state index contributed by atoms with van der Waals surface area (Å²) in [6, 6.07) is 12.0. The molecule has 2 aromatic rings. The molecule has 168 valence electrons. The van der Waals surface area contributed by atoms with E-state index in [4.69, 9.17) is 4.74 Å². The van der Waals surface area contributed by atoms with Gasteiger partial charge in [-0.15, -0.1) is 11.8 Å². The Hall–Kier alpha value is -2.19. The lowest BCUT2D eigenvalue weighted by molar-refractivity contribution is -0.137. The monoisotopic (exact) mass is 452 g/mol. The van der Waals surface area contributed by atoms with E-state index in [1.54, 1.807) is 6.26 Å². The molecule has 4 nitrogen and oxygen atoms in total. The van der Waals surface area contributed by atoms with Crippen molar-refractivity contribution in [2.24, 2.45) is 0 Å².